The number of hydrogen-bond donors (Lipinski definition) is 2. The summed E-state index contributed by atoms with van der Waals surface area (Å²) in [5.41, 5.74) is 1.13. The second-order valence-electron chi connectivity index (χ2n) is 7.61. The van der Waals surface area contributed by atoms with E-state index >= 15 is 0 Å². The Morgan fingerprint density at radius 1 is 1.12 bits per heavy atom. The molecule has 2 N–H and O–H groups in total. The number of carbonyl (C=O) groups is 2. The summed E-state index contributed by atoms with van der Waals surface area (Å²) in [6.07, 6.45) is -2.70. The van der Waals surface area contributed by atoms with E-state index in [4.69, 9.17) is 0 Å². The molecular formula is C24H19F3N4O3. The number of rotatable bonds is 5. The number of carbonyl (C=O) groups excluding carboxylic acids is 1. The Morgan fingerprint density at radius 2 is 1.88 bits per heavy atom. The number of benzene rings is 2. The number of aromatic nitrogens is 3. The molecule has 0 saturated heterocycles. The van der Waals surface area contributed by atoms with Crippen molar-refractivity contribution in [3.8, 4) is 11.3 Å². The Bertz CT molecular complexity index is 1430. The van der Waals surface area contributed by atoms with Crippen LogP contribution >= 0.6 is 0 Å². The van der Waals surface area contributed by atoms with Crippen LogP contribution in [0.3, 0.4) is 0 Å². The van der Waals surface area contributed by atoms with E-state index in [1.165, 1.54) is 29.8 Å². The van der Waals surface area contributed by atoms with Crippen LogP contribution in [0.15, 0.2) is 54.7 Å². The summed E-state index contributed by atoms with van der Waals surface area (Å²) in [6, 6.07) is 11.7. The summed E-state index contributed by atoms with van der Waals surface area (Å²) >= 11 is 0. The summed E-state index contributed by atoms with van der Waals surface area (Å²) in [6.45, 7) is 3.12. The number of aryl methyl sites for hydroxylation is 2. The minimum atomic E-state index is -4.57. The number of fused-ring (bicyclic) bond motifs is 1. The van der Waals surface area contributed by atoms with Gasteiger partial charge in [0, 0.05) is 23.0 Å². The maximum absolute atomic E-state index is 13.2. The summed E-state index contributed by atoms with van der Waals surface area (Å²) in [4.78, 5) is 28.5. The fourth-order valence-corrected chi connectivity index (χ4v) is 3.70. The first-order valence-electron chi connectivity index (χ1n) is 10.3. The fourth-order valence-electron chi connectivity index (χ4n) is 3.70. The average Bonchev–Trinajstić information content (AvgIpc) is 3.18. The molecule has 10 heteroatoms. The number of hydrogen-bond acceptors (Lipinski definition) is 4. The molecule has 174 valence electrons. The van der Waals surface area contributed by atoms with Crippen molar-refractivity contribution in [3.63, 3.8) is 0 Å². The second kappa shape index (κ2) is 8.62. The molecule has 1 amide bonds. The van der Waals surface area contributed by atoms with Crippen molar-refractivity contribution >= 4 is 23.2 Å². The van der Waals surface area contributed by atoms with Gasteiger partial charge in [-0.3, -0.25) is 4.79 Å². The molecule has 0 fully saturated rings. The molecule has 0 atom stereocenters. The Hall–Kier alpha value is -4.21. The van der Waals surface area contributed by atoms with Crippen LogP contribution in [0.2, 0.25) is 0 Å². The smallest absolute Gasteiger partial charge is 0.416 e. The molecule has 0 radical (unpaired) electrons. The fraction of sp³-hybridized carbons (Fsp3) is 0.167. The Morgan fingerprint density at radius 3 is 2.56 bits per heavy atom. The van der Waals surface area contributed by atoms with E-state index in [-0.39, 0.29) is 22.3 Å². The summed E-state index contributed by atoms with van der Waals surface area (Å²) < 4.78 is 41.1. The van der Waals surface area contributed by atoms with Crippen LogP contribution in [0.4, 0.5) is 18.9 Å². The van der Waals surface area contributed by atoms with E-state index in [0.29, 0.717) is 29.1 Å². The number of nitrogens with one attached hydrogen (secondary N) is 1. The maximum Gasteiger partial charge on any atom is 0.416 e. The number of halogens is 3. The van der Waals surface area contributed by atoms with Gasteiger partial charge in [-0.2, -0.15) is 18.3 Å². The molecular weight excluding hydrogens is 449 g/mol. The molecule has 34 heavy (non-hydrogen) atoms. The molecule has 2 aromatic heterocycles. The van der Waals surface area contributed by atoms with Crippen LogP contribution in [-0.4, -0.2) is 31.6 Å². The van der Waals surface area contributed by atoms with Crippen molar-refractivity contribution < 1.29 is 27.9 Å². The zero-order valence-corrected chi connectivity index (χ0v) is 18.1. The summed E-state index contributed by atoms with van der Waals surface area (Å²) in [7, 11) is 0. The number of amides is 1. The van der Waals surface area contributed by atoms with Crippen LogP contribution in [0.1, 0.15) is 44.5 Å². The lowest BCUT2D eigenvalue weighted by Gasteiger charge is -2.13. The summed E-state index contributed by atoms with van der Waals surface area (Å²) in [5, 5.41) is 16.6. The zero-order valence-electron chi connectivity index (χ0n) is 18.1. The lowest BCUT2D eigenvalue weighted by molar-refractivity contribution is -0.138. The van der Waals surface area contributed by atoms with E-state index in [0.717, 1.165) is 6.07 Å². The third-order valence-corrected chi connectivity index (χ3v) is 5.36. The third-order valence-electron chi connectivity index (χ3n) is 5.36. The van der Waals surface area contributed by atoms with Gasteiger partial charge < -0.3 is 10.4 Å². The Kier molecular flexibility index (Phi) is 5.82. The highest BCUT2D eigenvalue weighted by atomic mass is 19.4. The molecule has 4 rings (SSSR count). The Labute approximate surface area is 191 Å². The van der Waals surface area contributed by atoms with Gasteiger partial charge in [0.05, 0.1) is 17.0 Å². The molecule has 0 saturated carbocycles. The first-order valence-corrected chi connectivity index (χ1v) is 10.3. The lowest BCUT2D eigenvalue weighted by atomic mass is 10.0. The predicted molar refractivity (Wildman–Crippen MR) is 119 cm³/mol. The quantitative estimate of drug-likeness (QED) is 0.418. The molecule has 7 nitrogen and oxygen atoms in total. The van der Waals surface area contributed by atoms with E-state index in [9.17, 15) is 27.9 Å². The molecule has 0 aliphatic carbocycles. The standard InChI is InChI=1S/C24H19F3N4O3/c1-3-18-20(23(33)34)21-28-10-9-19(31(21)30-18)14-5-4-6-16(11-14)29-22(32)15-8-7-13(2)17(12-15)24(25,26)27/h4-12H,3H2,1-2H3,(H,29,32)(H,33,34). The van der Waals surface area contributed by atoms with Crippen molar-refractivity contribution in [2.75, 3.05) is 5.32 Å². The van der Waals surface area contributed by atoms with Crippen molar-refractivity contribution in [1.29, 1.82) is 0 Å². The highest BCUT2D eigenvalue weighted by molar-refractivity contribution is 6.04. The SMILES string of the molecule is CCc1nn2c(-c3cccc(NC(=O)c4ccc(C)c(C(F)(F)F)c4)c3)ccnc2c1C(=O)O. The van der Waals surface area contributed by atoms with Crippen molar-refractivity contribution in [3.05, 3.63) is 82.7 Å². The molecule has 0 aliphatic heterocycles. The minimum absolute atomic E-state index is 0.0219. The topological polar surface area (TPSA) is 96.6 Å². The summed E-state index contributed by atoms with van der Waals surface area (Å²) in [5.74, 6) is -1.82. The van der Waals surface area contributed by atoms with E-state index in [2.05, 4.69) is 15.4 Å². The van der Waals surface area contributed by atoms with Gasteiger partial charge in [-0.15, -0.1) is 0 Å². The zero-order chi connectivity index (χ0) is 24.6. The van der Waals surface area contributed by atoms with Crippen LogP contribution in [-0.2, 0) is 12.6 Å². The molecule has 4 aromatic rings. The highest BCUT2D eigenvalue weighted by Gasteiger charge is 2.33. The van der Waals surface area contributed by atoms with Crippen LogP contribution < -0.4 is 5.32 Å². The second-order valence-corrected chi connectivity index (χ2v) is 7.61. The number of carboxylic acids is 1. The molecule has 0 bridgehead atoms. The molecule has 0 unspecified atom stereocenters. The number of aromatic carboxylic acids is 1. The average molecular weight is 468 g/mol. The van der Waals surface area contributed by atoms with Gasteiger partial charge in [0.2, 0.25) is 0 Å². The first-order chi connectivity index (χ1) is 16.1. The van der Waals surface area contributed by atoms with Crippen molar-refractivity contribution in [2.24, 2.45) is 0 Å². The van der Waals surface area contributed by atoms with Gasteiger partial charge in [-0.05, 0) is 49.2 Å². The molecule has 0 spiro atoms. The number of anilines is 1. The van der Waals surface area contributed by atoms with Gasteiger partial charge in [0.15, 0.2) is 5.65 Å². The molecule has 0 aliphatic rings. The lowest BCUT2D eigenvalue weighted by Crippen LogP contribution is -2.15. The third kappa shape index (κ3) is 4.21. The van der Waals surface area contributed by atoms with Gasteiger partial charge in [-0.25, -0.2) is 14.3 Å². The van der Waals surface area contributed by atoms with E-state index < -0.39 is 23.6 Å². The van der Waals surface area contributed by atoms with Gasteiger partial charge in [-0.1, -0.05) is 25.1 Å². The van der Waals surface area contributed by atoms with Gasteiger partial charge in [0.25, 0.3) is 5.91 Å². The van der Waals surface area contributed by atoms with E-state index in [1.54, 1.807) is 37.3 Å². The first kappa shape index (κ1) is 23.0. The number of nitrogens with zero attached hydrogens (tertiary/aromatic N) is 3. The van der Waals surface area contributed by atoms with Gasteiger partial charge in [0.1, 0.15) is 5.56 Å². The van der Waals surface area contributed by atoms with Crippen LogP contribution in [0, 0.1) is 6.92 Å². The van der Waals surface area contributed by atoms with Crippen molar-refractivity contribution in [1.82, 2.24) is 14.6 Å². The highest BCUT2D eigenvalue weighted by Crippen LogP contribution is 2.32. The number of carboxylic acid groups (broad SMARTS) is 1. The maximum atomic E-state index is 13.2. The minimum Gasteiger partial charge on any atom is -0.477 e. The number of alkyl halides is 3. The normalized spacial score (nSPS) is 11.6. The van der Waals surface area contributed by atoms with E-state index in [1.807, 2.05) is 0 Å². The Balaban J connectivity index is 1.69. The molecule has 2 heterocycles. The van der Waals surface area contributed by atoms with Crippen LogP contribution in [0.5, 0.6) is 0 Å². The van der Waals surface area contributed by atoms with Crippen LogP contribution in [0.25, 0.3) is 16.9 Å². The van der Waals surface area contributed by atoms with Crippen molar-refractivity contribution in [2.45, 2.75) is 26.4 Å². The largest absolute Gasteiger partial charge is 0.477 e. The monoisotopic (exact) mass is 468 g/mol. The predicted octanol–water partition coefficient (Wildman–Crippen LogP) is 5.24. The molecule has 2 aromatic carbocycles. The van der Waals surface area contributed by atoms with Gasteiger partial charge >= 0.3 is 12.1 Å².